The molecule has 1 aromatic heterocycles. The number of carbonyl (C=O) groups is 1. The lowest BCUT2D eigenvalue weighted by Crippen LogP contribution is -2.40. The zero-order chi connectivity index (χ0) is 17.4. The van der Waals surface area contributed by atoms with Gasteiger partial charge in [-0.25, -0.2) is 9.18 Å². The van der Waals surface area contributed by atoms with E-state index in [4.69, 9.17) is 15.6 Å². The van der Waals surface area contributed by atoms with Crippen molar-refractivity contribution < 1.29 is 27.8 Å². The monoisotopic (exact) mass is 333 g/mol. The molecule has 0 saturated carbocycles. The van der Waals surface area contributed by atoms with E-state index >= 15 is 0 Å². The summed E-state index contributed by atoms with van der Waals surface area (Å²) < 4.78 is 46.6. The van der Waals surface area contributed by atoms with Crippen molar-refractivity contribution in [1.82, 2.24) is 9.55 Å². The van der Waals surface area contributed by atoms with Crippen LogP contribution in [-0.4, -0.2) is 45.2 Å². The normalized spacial score (nSPS) is 26.7. The van der Waals surface area contributed by atoms with Gasteiger partial charge in [0.15, 0.2) is 12.0 Å². The van der Waals surface area contributed by atoms with Crippen LogP contribution in [0.3, 0.4) is 0 Å². The van der Waals surface area contributed by atoms with Crippen LogP contribution >= 0.6 is 0 Å². The number of hydrogen-bond acceptors (Lipinski definition) is 6. The summed E-state index contributed by atoms with van der Waals surface area (Å²) in [6.07, 6.45) is -3.64. The van der Waals surface area contributed by atoms with Crippen LogP contribution in [0.25, 0.3) is 6.08 Å². The Kier molecular flexibility index (Phi) is 4.57. The van der Waals surface area contributed by atoms with Crippen molar-refractivity contribution >= 4 is 17.7 Å². The first kappa shape index (κ1) is 17.2. The van der Waals surface area contributed by atoms with E-state index in [2.05, 4.69) is 4.98 Å². The lowest BCUT2D eigenvalue weighted by Gasteiger charge is -2.20. The van der Waals surface area contributed by atoms with Gasteiger partial charge in [0.25, 0.3) is 0 Å². The Hall–Kier alpha value is -2.20. The number of halogens is 3. The topological polar surface area (TPSA) is 107 Å². The zero-order valence-corrected chi connectivity index (χ0v) is 11.9. The molecule has 126 valence electrons. The Bertz CT molecular complexity index is 704. The van der Waals surface area contributed by atoms with Gasteiger partial charge in [0, 0.05) is 11.8 Å². The van der Waals surface area contributed by atoms with Gasteiger partial charge in [-0.15, -0.1) is 0 Å². The highest BCUT2D eigenvalue weighted by atomic mass is 19.3. The molecule has 2 heterocycles. The third kappa shape index (κ3) is 3.13. The van der Waals surface area contributed by atoms with Gasteiger partial charge in [0.05, 0.1) is 6.61 Å². The SMILES string of the molecule is CC(=O)C=Cc1cn(C2OC(CO)C(F)C2(F)F)c(=O)nc1N. The molecule has 2 rings (SSSR count). The standard InChI is InChI=1S/C13H14F3N3O4/c1-6(21)2-3-7-4-19(12(22)18-10(7)17)11-13(15,16)9(14)8(5-20)23-11/h2-4,8-9,11,20H,5H2,1H3,(H2,17,18,22). The molecular formula is C13H14F3N3O4. The number of ketones is 1. The fourth-order valence-electron chi connectivity index (χ4n) is 2.10. The lowest BCUT2D eigenvalue weighted by molar-refractivity contribution is -0.130. The Balaban J connectivity index is 2.49. The summed E-state index contributed by atoms with van der Waals surface area (Å²) in [4.78, 5) is 26.1. The van der Waals surface area contributed by atoms with Crippen LogP contribution in [-0.2, 0) is 9.53 Å². The van der Waals surface area contributed by atoms with Gasteiger partial charge >= 0.3 is 11.6 Å². The average Bonchev–Trinajstić information content (AvgIpc) is 2.69. The molecule has 1 aliphatic rings. The molecule has 0 bridgehead atoms. The maximum atomic E-state index is 13.9. The smallest absolute Gasteiger partial charge is 0.351 e. The van der Waals surface area contributed by atoms with Crippen LogP contribution < -0.4 is 11.4 Å². The van der Waals surface area contributed by atoms with Crippen molar-refractivity contribution in [3.8, 4) is 0 Å². The minimum Gasteiger partial charge on any atom is -0.394 e. The highest BCUT2D eigenvalue weighted by Gasteiger charge is 2.60. The Morgan fingerprint density at radius 2 is 2.26 bits per heavy atom. The number of nitrogen functional groups attached to an aromatic ring is 1. The number of ether oxygens (including phenoxy) is 1. The molecule has 7 nitrogen and oxygen atoms in total. The third-order valence-corrected chi connectivity index (χ3v) is 3.27. The number of anilines is 1. The van der Waals surface area contributed by atoms with Crippen molar-refractivity contribution in [1.29, 1.82) is 0 Å². The van der Waals surface area contributed by atoms with Gasteiger partial charge in [-0.05, 0) is 19.1 Å². The van der Waals surface area contributed by atoms with E-state index in [0.29, 0.717) is 4.57 Å². The first-order valence-corrected chi connectivity index (χ1v) is 6.54. The van der Waals surface area contributed by atoms with Gasteiger partial charge < -0.3 is 15.6 Å². The van der Waals surface area contributed by atoms with Gasteiger partial charge in [-0.3, -0.25) is 9.36 Å². The van der Waals surface area contributed by atoms with E-state index < -0.39 is 36.7 Å². The number of nitrogens with zero attached hydrogens (tertiary/aromatic N) is 2. The second kappa shape index (κ2) is 6.13. The molecule has 3 unspecified atom stereocenters. The molecule has 1 aliphatic heterocycles. The van der Waals surface area contributed by atoms with E-state index in [1.807, 2.05) is 0 Å². The summed E-state index contributed by atoms with van der Waals surface area (Å²) in [5.41, 5.74) is 4.34. The predicted molar refractivity (Wildman–Crippen MR) is 73.5 cm³/mol. The van der Waals surface area contributed by atoms with Gasteiger partial charge in [0.1, 0.15) is 11.9 Å². The van der Waals surface area contributed by atoms with E-state index in [1.54, 1.807) is 0 Å². The van der Waals surface area contributed by atoms with E-state index in [-0.39, 0.29) is 17.2 Å². The van der Waals surface area contributed by atoms with Crippen LogP contribution in [0.2, 0.25) is 0 Å². The minimum atomic E-state index is -4.05. The maximum absolute atomic E-state index is 13.9. The molecule has 23 heavy (non-hydrogen) atoms. The number of nitrogens with two attached hydrogens (primary N) is 1. The molecule has 1 saturated heterocycles. The largest absolute Gasteiger partial charge is 0.394 e. The molecule has 0 amide bonds. The van der Waals surface area contributed by atoms with E-state index in [9.17, 15) is 22.8 Å². The summed E-state index contributed by atoms with van der Waals surface area (Å²) in [6, 6.07) is 0. The molecule has 1 fully saturated rings. The number of carbonyl (C=O) groups excluding carboxylic acids is 1. The Morgan fingerprint density at radius 3 is 2.78 bits per heavy atom. The minimum absolute atomic E-state index is 0.0158. The summed E-state index contributed by atoms with van der Waals surface area (Å²) in [5.74, 6) is -4.66. The van der Waals surface area contributed by atoms with E-state index in [0.717, 1.165) is 12.3 Å². The van der Waals surface area contributed by atoms with Crippen molar-refractivity contribution in [2.75, 3.05) is 12.3 Å². The second-order valence-corrected chi connectivity index (χ2v) is 5.00. The van der Waals surface area contributed by atoms with Crippen LogP contribution in [0.1, 0.15) is 18.7 Å². The summed E-state index contributed by atoms with van der Waals surface area (Å²) in [6.45, 7) is 0.283. The number of aliphatic hydroxyl groups excluding tert-OH is 1. The van der Waals surface area contributed by atoms with Crippen molar-refractivity contribution in [3.05, 3.63) is 28.3 Å². The third-order valence-electron chi connectivity index (χ3n) is 3.27. The summed E-state index contributed by atoms with van der Waals surface area (Å²) >= 11 is 0. The Labute approximate surface area is 128 Å². The highest BCUT2D eigenvalue weighted by Crippen LogP contribution is 2.43. The molecule has 0 aromatic carbocycles. The number of aliphatic hydroxyl groups is 1. The van der Waals surface area contributed by atoms with Crippen molar-refractivity contribution in [2.45, 2.75) is 31.3 Å². The number of aromatic nitrogens is 2. The van der Waals surface area contributed by atoms with Crippen LogP contribution in [0, 0.1) is 0 Å². The fourth-order valence-corrected chi connectivity index (χ4v) is 2.10. The molecule has 1 aromatic rings. The number of allylic oxidation sites excluding steroid dienone is 1. The molecule has 3 N–H and O–H groups in total. The average molecular weight is 333 g/mol. The maximum Gasteiger partial charge on any atom is 0.351 e. The number of rotatable bonds is 4. The molecule has 0 spiro atoms. The summed E-state index contributed by atoms with van der Waals surface area (Å²) in [5, 5.41) is 8.88. The fraction of sp³-hybridized carbons (Fsp3) is 0.462. The van der Waals surface area contributed by atoms with Crippen LogP contribution in [0.5, 0.6) is 0 Å². The zero-order valence-electron chi connectivity index (χ0n) is 11.9. The molecule has 0 aliphatic carbocycles. The number of hydrogen-bond donors (Lipinski definition) is 2. The predicted octanol–water partition coefficient (Wildman–Crippen LogP) is 0.291. The second-order valence-electron chi connectivity index (χ2n) is 5.00. The van der Waals surface area contributed by atoms with Gasteiger partial charge in [-0.2, -0.15) is 13.8 Å². The van der Waals surface area contributed by atoms with Crippen molar-refractivity contribution in [3.63, 3.8) is 0 Å². The summed E-state index contributed by atoms with van der Waals surface area (Å²) in [7, 11) is 0. The van der Waals surface area contributed by atoms with Crippen LogP contribution in [0.15, 0.2) is 17.1 Å². The lowest BCUT2D eigenvalue weighted by atomic mass is 10.1. The molecule has 3 atom stereocenters. The van der Waals surface area contributed by atoms with E-state index in [1.165, 1.54) is 13.0 Å². The van der Waals surface area contributed by atoms with Gasteiger partial charge in [-0.1, -0.05) is 0 Å². The quantitative estimate of drug-likeness (QED) is 0.767. The first-order chi connectivity index (χ1) is 10.7. The molecule has 0 radical (unpaired) electrons. The highest BCUT2D eigenvalue weighted by molar-refractivity contribution is 5.92. The number of alkyl halides is 3. The van der Waals surface area contributed by atoms with Crippen molar-refractivity contribution in [2.24, 2.45) is 0 Å². The Morgan fingerprint density at radius 1 is 1.61 bits per heavy atom. The van der Waals surface area contributed by atoms with Crippen LogP contribution in [0.4, 0.5) is 19.0 Å². The molecular weight excluding hydrogens is 319 g/mol. The first-order valence-electron chi connectivity index (χ1n) is 6.54. The molecule has 10 heteroatoms. The van der Waals surface area contributed by atoms with Gasteiger partial charge in [0.2, 0.25) is 6.23 Å².